The van der Waals surface area contributed by atoms with Gasteiger partial charge in [0.15, 0.2) is 6.10 Å². The summed E-state index contributed by atoms with van der Waals surface area (Å²) < 4.78 is 39.2. The Morgan fingerprint density at radius 3 is 1.54 bits per heavy atom. The van der Waals surface area contributed by atoms with Crippen LogP contribution in [0.2, 0.25) is 0 Å². The molecule has 464 valence electrons. The Hall–Kier alpha value is -4.74. The van der Waals surface area contributed by atoms with Crippen molar-refractivity contribution in [2.45, 2.75) is 265 Å². The lowest BCUT2D eigenvalue weighted by Crippen LogP contribution is -2.32. The van der Waals surface area contributed by atoms with Gasteiger partial charge in [0.05, 0.1) is 32.0 Å². The van der Waals surface area contributed by atoms with Gasteiger partial charge < -0.3 is 34.6 Å². The maximum atomic E-state index is 13.5. The monoisotopic (exact) mass is 1170 g/mol. The second-order valence-corrected chi connectivity index (χ2v) is 23.3. The molecule has 3 rings (SSSR count). The Morgan fingerprint density at radius 1 is 0.524 bits per heavy atom. The van der Waals surface area contributed by atoms with Crippen LogP contribution in [0.3, 0.4) is 0 Å². The van der Waals surface area contributed by atoms with Crippen molar-refractivity contribution in [1.29, 1.82) is 0 Å². The van der Waals surface area contributed by atoms with E-state index in [1.165, 1.54) is 141 Å². The lowest BCUT2D eigenvalue weighted by molar-refractivity contribution is -0.161. The summed E-state index contributed by atoms with van der Waals surface area (Å²) in [7, 11) is -4.68. The lowest BCUT2D eigenvalue weighted by Gasteiger charge is -2.26. The van der Waals surface area contributed by atoms with Crippen molar-refractivity contribution in [3.8, 4) is 11.8 Å². The number of hydrogen-bond acceptors (Lipinski definition) is 11. The Bertz CT molecular complexity index is 2140. The fourth-order valence-electron chi connectivity index (χ4n) is 9.81. The molecule has 3 N–H and O–H groups in total. The van der Waals surface area contributed by atoms with E-state index in [-0.39, 0.29) is 71.2 Å². The maximum absolute atomic E-state index is 13.5. The number of esters is 2. The molecule has 0 bridgehead atoms. The molecule has 2 aromatic rings. The summed E-state index contributed by atoms with van der Waals surface area (Å²) in [5.41, 5.74) is 3.40. The van der Waals surface area contributed by atoms with Crippen molar-refractivity contribution in [2.75, 3.05) is 44.4 Å². The zero-order valence-electron chi connectivity index (χ0n) is 49.9. The summed E-state index contributed by atoms with van der Waals surface area (Å²) in [4.78, 5) is 76.0. The number of anilines is 1. The third kappa shape index (κ3) is 37.5. The largest absolute Gasteiger partial charge is 0.472 e. The summed E-state index contributed by atoms with van der Waals surface area (Å²) >= 11 is 0. The van der Waals surface area contributed by atoms with E-state index in [1.807, 2.05) is 48.5 Å². The zero-order valence-corrected chi connectivity index (χ0v) is 50.8. The van der Waals surface area contributed by atoms with E-state index in [2.05, 4.69) is 36.3 Å². The van der Waals surface area contributed by atoms with Crippen LogP contribution in [0, 0.1) is 11.8 Å². The van der Waals surface area contributed by atoms with E-state index in [0.717, 1.165) is 60.9 Å². The number of nitrogens with zero attached hydrogens (tertiary/aromatic N) is 1. The first-order valence-electron chi connectivity index (χ1n) is 31.6. The molecule has 0 aliphatic carbocycles. The molecular weight excluding hydrogens is 1060 g/mol. The second kappa shape index (κ2) is 48.6. The number of rotatable bonds is 50. The highest BCUT2D eigenvalue weighted by atomic mass is 31.2. The minimum absolute atomic E-state index is 0. The van der Waals surface area contributed by atoms with Gasteiger partial charge in [0, 0.05) is 43.4 Å². The van der Waals surface area contributed by atoms with Crippen molar-refractivity contribution >= 4 is 43.4 Å². The van der Waals surface area contributed by atoms with Gasteiger partial charge in [-0.05, 0) is 49.4 Å². The van der Waals surface area contributed by atoms with Crippen LogP contribution < -0.4 is 15.5 Å². The first kappa shape index (κ1) is 73.4. The highest BCUT2D eigenvalue weighted by molar-refractivity contribution is 7.47. The van der Waals surface area contributed by atoms with Crippen molar-refractivity contribution < 1.29 is 56.7 Å². The zero-order chi connectivity index (χ0) is 58.3. The summed E-state index contributed by atoms with van der Waals surface area (Å²) in [6.07, 6.45) is 36.2. The number of fused-ring (bicyclic) bond motifs is 2. The topological polar surface area (TPSA) is 196 Å². The average molecular weight is 1170 g/mol. The number of para-hydroxylation sites is 1. The molecule has 0 radical (unpaired) electrons. The number of amides is 3. The van der Waals surface area contributed by atoms with E-state index in [4.69, 9.17) is 23.3 Å². The molecule has 82 heavy (non-hydrogen) atoms. The molecule has 0 spiro atoms. The maximum Gasteiger partial charge on any atom is 0.472 e. The molecule has 0 aromatic heterocycles. The summed E-state index contributed by atoms with van der Waals surface area (Å²) in [5.74, 6) is 5.17. The first-order chi connectivity index (χ1) is 39.5. The van der Waals surface area contributed by atoms with Crippen molar-refractivity contribution in [3.05, 3.63) is 65.2 Å². The Morgan fingerprint density at radius 2 is 0.976 bits per heavy atom. The number of unbranched alkanes of at least 4 members (excludes halogenated alkanes) is 29. The molecule has 1 aliphatic heterocycles. The van der Waals surface area contributed by atoms with Crippen LogP contribution in [0.25, 0.3) is 0 Å². The van der Waals surface area contributed by atoms with Crippen LogP contribution in [0.1, 0.15) is 269 Å². The van der Waals surface area contributed by atoms with Gasteiger partial charge in [-0.2, -0.15) is 0 Å². The number of carbonyl (C=O) groups is 5. The fourth-order valence-corrected chi connectivity index (χ4v) is 10.6. The van der Waals surface area contributed by atoms with Crippen molar-refractivity contribution in [2.24, 2.45) is 0 Å². The normalized spacial score (nSPS) is 12.7. The number of ether oxygens (including phenoxy) is 3. The van der Waals surface area contributed by atoms with Gasteiger partial charge in [0.1, 0.15) is 13.2 Å². The van der Waals surface area contributed by atoms with Crippen LogP contribution in [-0.2, 0) is 53.5 Å². The molecule has 15 nitrogen and oxygen atoms in total. The van der Waals surface area contributed by atoms with Crippen molar-refractivity contribution in [3.63, 3.8) is 0 Å². The third-order valence-electron chi connectivity index (χ3n) is 14.6. The number of phosphoric ester groups is 1. The lowest BCUT2D eigenvalue weighted by atomic mass is 10.0. The first-order valence-corrected chi connectivity index (χ1v) is 33.1. The van der Waals surface area contributed by atoms with E-state index in [0.29, 0.717) is 32.2 Å². The number of phosphoric acid groups is 1. The van der Waals surface area contributed by atoms with E-state index < -0.39 is 45.2 Å². The number of hydrogen-bond donors (Lipinski definition) is 3. The molecule has 2 unspecified atom stereocenters. The van der Waals surface area contributed by atoms with Gasteiger partial charge in [0.25, 0.3) is 0 Å². The van der Waals surface area contributed by atoms with Gasteiger partial charge in [-0.1, -0.05) is 243 Å². The fraction of sp³-hybridized carbons (Fsp3) is 0.712. The summed E-state index contributed by atoms with van der Waals surface area (Å²) in [6.45, 7) is 3.34. The number of alkyl carbamates (subject to hydrolysis) is 1. The number of nitrogens with one attached hydrogen (secondary N) is 2. The summed E-state index contributed by atoms with van der Waals surface area (Å²) in [6, 6.07) is 15.4. The SMILES string of the molecule is C.CCCCCCCCCCCCCCCCCC(=O)OCC(COP(=O)(O)OCCNC(=O)OCCNC(=O)CCCCC(=O)N1Cc2ccccc2C#Cc2ccccc21)OC(=O)CCCCCCCCCCCCCCCCC. The van der Waals surface area contributed by atoms with E-state index >= 15 is 0 Å². The highest BCUT2D eigenvalue weighted by Gasteiger charge is 2.27. The van der Waals surface area contributed by atoms with Crippen molar-refractivity contribution in [1.82, 2.24) is 10.6 Å². The number of carbonyl (C=O) groups excluding carboxylic acids is 5. The average Bonchev–Trinajstić information content (AvgIpc) is 3.58. The molecule has 1 aliphatic rings. The Kier molecular flexibility index (Phi) is 43.5. The molecule has 0 fully saturated rings. The molecular formula is C66H108N3O12P. The third-order valence-corrected chi connectivity index (χ3v) is 15.6. The Balaban J connectivity index is 0.0000230. The minimum atomic E-state index is -4.68. The quantitative estimate of drug-likeness (QED) is 0.0187. The molecule has 16 heteroatoms. The van der Waals surface area contributed by atoms with E-state index in [9.17, 15) is 33.4 Å². The molecule has 2 aromatic carbocycles. The van der Waals surface area contributed by atoms with Crippen LogP contribution in [0.4, 0.5) is 10.5 Å². The molecule has 3 amide bonds. The predicted molar refractivity (Wildman–Crippen MR) is 329 cm³/mol. The summed E-state index contributed by atoms with van der Waals surface area (Å²) in [5, 5.41) is 5.11. The van der Waals surface area contributed by atoms with Crippen LogP contribution in [0.15, 0.2) is 48.5 Å². The number of benzene rings is 2. The molecule has 0 saturated carbocycles. The molecule has 0 saturated heterocycles. The molecule has 1 heterocycles. The van der Waals surface area contributed by atoms with Gasteiger partial charge >= 0.3 is 25.9 Å². The Labute approximate surface area is 495 Å². The van der Waals surface area contributed by atoms with Crippen LogP contribution in [-0.4, -0.2) is 80.4 Å². The van der Waals surface area contributed by atoms with Gasteiger partial charge in [-0.3, -0.25) is 28.2 Å². The van der Waals surface area contributed by atoms with E-state index in [1.54, 1.807) is 4.90 Å². The smallest absolute Gasteiger partial charge is 0.462 e. The van der Waals surface area contributed by atoms with Gasteiger partial charge in [0.2, 0.25) is 11.8 Å². The van der Waals surface area contributed by atoms with Gasteiger partial charge in [-0.25, -0.2) is 9.36 Å². The highest BCUT2D eigenvalue weighted by Crippen LogP contribution is 2.43. The second-order valence-electron chi connectivity index (χ2n) is 21.8. The minimum Gasteiger partial charge on any atom is -0.462 e. The molecule has 2 atom stereocenters. The van der Waals surface area contributed by atoms with Crippen LogP contribution in [0.5, 0.6) is 0 Å². The van der Waals surface area contributed by atoms with Crippen LogP contribution >= 0.6 is 7.82 Å². The standard InChI is InChI=1S/C65H104N3O12P.CH4/c1-3-5-7-9-11-13-15-17-19-21-23-25-27-29-31-45-63(71)77-54-59(80-64(72)46-32-30-28-26-24-22-20-18-16-14-12-10-8-6-4-2)55-79-81(74,75)78-52-50-67-65(73)76-51-49-66-61(69)43-37-38-44-62(70)68-53-58-41-34-33-39-56(58)47-48-57-40-35-36-42-60(57)68;/h33-36,39-42,59H,3-32,37-38,43-46,49-55H2,1-2H3,(H,66,69)(H,67,73)(H,74,75);1H4. The van der Waals surface area contributed by atoms with Gasteiger partial charge in [-0.15, -0.1) is 0 Å². The predicted octanol–water partition coefficient (Wildman–Crippen LogP) is 16.1.